The number of aryl methyl sites for hydroxylation is 1. The number of amides is 1. The molecule has 0 aliphatic carbocycles. The average Bonchev–Trinajstić information content (AvgIpc) is 3.30. The van der Waals surface area contributed by atoms with Crippen molar-refractivity contribution < 1.29 is 32.6 Å². The lowest BCUT2D eigenvalue weighted by Crippen LogP contribution is -2.33. The number of thiazole rings is 1. The lowest BCUT2D eigenvalue weighted by Gasteiger charge is -2.23. The van der Waals surface area contributed by atoms with Gasteiger partial charge in [-0.3, -0.25) is 14.7 Å². The van der Waals surface area contributed by atoms with Crippen LogP contribution in [0, 0.1) is 12.8 Å². The molecule has 2 fully saturated rings. The molecule has 0 spiro atoms. The van der Waals surface area contributed by atoms with Crippen LogP contribution >= 0.6 is 11.3 Å². The van der Waals surface area contributed by atoms with Gasteiger partial charge >= 0.3 is 12.1 Å². The minimum absolute atomic E-state index is 0.0276. The maximum absolute atomic E-state index is 12.7. The van der Waals surface area contributed by atoms with E-state index in [1.54, 1.807) is 6.20 Å². The summed E-state index contributed by atoms with van der Waals surface area (Å²) in [5.41, 5.74) is 1.77. The van der Waals surface area contributed by atoms with Crippen LogP contribution in [0.4, 0.5) is 13.2 Å². The van der Waals surface area contributed by atoms with Crippen LogP contribution in [-0.2, 0) is 16.1 Å². The van der Waals surface area contributed by atoms with Gasteiger partial charge < -0.3 is 14.7 Å². The summed E-state index contributed by atoms with van der Waals surface area (Å²) in [6.07, 6.45) is -1.24. The van der Waals surface area contributed by atoms with Crippen molar-refractivity contribution in [1.82, 2.24) is 19.8 Å². The van der Waals surface area contributed by atoms with E-state index in [9.17, 15) is 18.0 Å². The summed E-state index contributed by atoms with van der Waals surface area (Å²) < 4.78 is 37.8. The Kier molecular flexibility index (Phi) is 7.80. The first kappa shape index (κ1) is 24.1. The predicted molar refractivity (Wildman–Crippen MR) is 109 cm³/mol. The van der Waals surface area contributed by atoms with E-state index in [0.29, 0.717) is 24.8 Å². The molecule has 12 heteroatoms. The third kappa shape index (κ3) is 6.47. The lowest BCUT2D eigenvalue weighted by atomic mass is 10.1. The van der Waals surface area contributed by atoms with Gasteiger partial charge in [-0.2, -0.15) is 13.2 Å². The molecule has 2 aromatic heterocycles. The standard InChI is InChI=1S/C18H22N4O2S.C2HF3O2/c1-13-20-16(12-25-13)18(23)22-10-15-9-21(5-6-24-17(15)11-22)8-14-3-2-4-19-7-14;3-2(4,5)1(6)7/h2-4,7,12,15,17H,5-6,8-11H2,1H3;(H,6,7)/t15-,17+;/m0./s1. The number of carbonyl (C=O) groups is 2. The number of alkyl halides is 3. The van der Waals surface area contributed by atoms with Crippen LogP contribution in [0.1, 0.15) is 21.1 Å². The maximum atomic E-state index is 12.7. The summed E-state index contributed by atoms with van der Waals surface area (Å²) in [4.78, 5) is 34.4. The predicted octanol–water partition coefficient (Wildman–Crippen LogP) is 2.45. The van der Waals surface area contributed by atoms with E-state index in [0.717, 1.165) is 31.2 Å². The second kappa shape index (κ2) is 10.4. The fraction of sp³-hybridized carbons (Fsp3) is 0.500. The molecule has 1 N–H and O–H groups in total. The van der Waals surface area contributed by atoms with Gasteiger partial charge in [-0.1, -0.05) is 6.07 Å². The zero-order chi connectivity index (χ0) is 23.3. The Morgan fingerprint density at radius 3 is 2.66 bits per heavy atom. The minimum Gasteiger partial charge on any atom is -0.475 e. The number of fused-ring (bicyclic) bond motifs is 1. The van der Waals surface area contributed by atoms with Crippen LogP contribution in [0.2, 0.25) is 0 Å². The van der Waals surface area contributed by atoms with Gasteiger partial charge in [-0.15, -0.1) is 11.3 Å². The molecular formula is C20H23F3N4O4S. The fourth-order valence-electron chi connectivity index (χ4n) is 3.64. The Morgan fingerprint density at radius 2 is 2.06 bits per heavy atom. The highest BCUT2D eigenvalue weighted by molar-refractivity contribution is 7.09. The van der Waals surface area contributed by atoms with Crippen LogP contribution in [0.3, 0.4) is 0 Å². The molecule has 2 atom stereocenters. The van der Waals surface area contributed by atoms with Crippen molar-refractivity contribution >= 4 is 23.2 Å². The Labute approximate surface area is 186 Å². The highest BCUT2D eigenvalue weighted by atomic mass is 32.1. The van der Waals surface area contributed by atoms with E-state index in [1.807, 2.05) is 29.5 Å². The normalized spacial score (nSPS) is 21.3. The smallest absolute Gasteiger partial charge is 0.475 e. The molecule has 0 unspecified atom stereocenters. The number of carboxylic acid groups (broad SMARTS) is 1. The summed E-state index contributed by atoms with van der Waals surface area (Å²) >= 11 is 1.52. The largest absolute Gasteiger partial charge is 0.490 e. The van der Waals surface area contributed by atoms with E-state index in [-0.39, 0.29) is 12.0 Å². The van der Waals surface area contributed by atoms with Gasteiger partial charge in [0.15, 0.2) is 0 Å². The number of rotatable bonds is 3. The third-order valence-electron chi connectivity index (χ3n) is 5.11. The van der Waals surface area contributed by atoms with Crippen molar-refractivity contribution in [1.29, 1.82) is 0 Å². The van der Waals surface area contributed by atoms with Gasteiger partial charge in [0.2, 0.25) is 0 Å². The summed E-state index contributed by atoms with van der Waals surface area (Å²) in [5, 5.41) is 9.90. The molecule has 2 aromatic rings. The molecule has 2 aliphatic heterocycles. The molecule has 0 bridgehead atoms. The first-order valence-electron chi connectivity index (χ1n) is 9.88. The van der Waals surface area contributed by atoms with E-state index in [1.165, 1.54) is 16.9 Å². The zero-order valence-electron chi connectivity index (χ0n) is 17.3. The zero-order valence-corrected chi connectivity index (χ0v) is 18.1. The lowest BCUT2D eigenvalue weighted by molar-refractivity contribution is -0.192. The van der Waals surface area contributed by atoms with E-state index >= 15 is 0 Å². The molecule has 2 aliphatic rings. The number of hydrogen-bond donors (Lipinski definition) is 1. The summed E-state index contributed by atoms with van der Waals surface area (Å²) in [6.45, 7) is 6.78. The maximum Gasteiger partial charge on any atom is 0.490 e. The van der Waals surface area contributed by atoms with Crippen molar-refractivity contribution in [2.24, 2.45) is 5.92 Å². The number of likely N-dealkylation sites (tertiary alicyclic amines) is 1. The number of halogens is 3. The van der Waals surface area contributed by atoms with Crippen LogP contribution in [0.5, 0.6) is 0 Å². The summed E-state index contributed by atoms with van der Waals surface area (Å²) in [6, 6.07) is 4.07. The van der Waals surface area contributed by atoms with Crippen LogP contribution in [0.15, 0.2) is 29.9 Å². The Morgan fingerprint density at radius 1 is 1.31 bits per heavy atom. The van der Waals surface area contributed by atoms with Crippen molar-refractivity contribution in [2.75, 3.05) is 32.8 Å². The molecule has 32 heavy (non-hydrogen) atoms. The van der Waals surface area contributed by atoms with Gasteiger partial charge in [0.1, 0.15) is 5.69 Å². The van der Waals surface area contributed by atoms with E-state index in [4.69, 9.17) is 14.6 Å². The number of pyridine rings is 1. The molecule has 8 nitrogen and oxygen atoms in total. The number of carbonyl (C=O) groups excluding carboxylic acids is 1. The number of carboxylic acids is 1. The SMILES string of the molecule is Cc1nc(C(=O)N2C[C@@H]3CN(Cc4cccnc4)CCO[C@@H]3C2)cs1.O=C(O)C(F)(F)F. The monoisotopic (exact) mass is 472 g/mol. The number of aliphatic carboxylic acids is 1. The fourth-order valence-corrected chi connectivity index (χ4v) is 4.23. The molecule has 1 amide bonds. The van der Waals surface area contributed by atoms with E-state index in [2.05, 4.69) is 20.9 Å². The van der Waals surface area contributed by atoms with Crippen molar-refractivity contribution in [3.05, 3.63) is 46.2 Å². The van der Waals surface area contributed by atoms with Crippen molar-refractivity contribution in [3.8, 4) is 0 Å². The highest BCUT2D eigenvalue weighted by Gasteiger charge is 2.39. The topological polar surface area (TPSA) is 95.9 Å². The van der Waals surface area contributed by atoms with Gasteiger partial charge in [0, 0.05) is 56.4 Å². The summed E-state index contributed by atoms with van der Waals surface area (Å²) in [5.74, 6) is -2.38. The molecule has 0 aromatic carbocycles. The first-order valence-corrected chi connectivity index (χ1v) is 10.8. The Bertz CT molecular complexity index is 925. The second-order valence-electron chi connectivity index (χ2n) is 7.53. The third-order valence-corrected chi connectivity index (χ3v) is 5.88. The molecular weight excluding hydrogens is 449 g/mol. The van der Waals surface area contributed by atoms with Gasteiger partial charge in [-0.25, -0.2) is 9.78 Å². The average molecular weight is 472 g/mol. The van der Waals surface area contributed by atoms with Crippen LogP contribution < -0.4 is 0 Å². The first-order chi connectivity index (χ1) is 15.1. The number of nitrogens with zero attached hydrogens (tertiary/aromatic N) is 4. The minimum atomic E-state index is -5.08. The van der Waals surface area contributed by atoms with Crippen LogP contribution in [0.25, 0.3) is 0 Å². The molecule has 0 radical (unpaired) electrons. The molecule has 4 rings (SSSR count). The van der Waals surface area contributed by atoms with Gasteiger partial charge in [0.25, 0.3) is 5.91 Å². The number of hydrogen-bond acceptors (Lipinski definition) is 7. The van der Waals surface area contributed by atoms with Crippen molar-refractivity contribution in [2.45, 2.75) is 25.7 Å². The van der Waals surface area contributed by atoms with Crippen molar-refractivity contribution in [3.63, 3.8) is 0 Å². The molecule has 174 valence electrons. The van der Waals surface area contributed by atoms with E-state index < -0.39 is 12.1 Å². The molecule has 0 saturated carbocycles. The Balaban J connectivity index is 0.000000360. The molecule has 2 saturated heterocycles. The van der Waals surface area contributed by atoms with Crippen LogP contribution in [-0.4, -0.2) is 81.8 Å². The van der Waals surface area contributed by atoms with Gasteiger partial charge in [0.05, 0.1) is 17.7 Å². The Hall–Kier alpha value is -2.57. The quantitative estimate of drug-likeness (QED) is 0.733. The second-order valence-corrected chi connectivity index (χ2v) is 8.59. The highest BCUT2D eigenvalue weighted by Crippen LogP contribution is 2.26. The summed E-state index contributed by atoms with van der Waals surface area (Å²) in [7, 11) is 0. The molecule has 4 heterocycles. The number of ether oxygens (including phenoxy) is 1. The number of aromatic nitrogens is 2. The van der Waals surface area contributed by atoms with Gasteiger partial charge in [-0.05, 0) is 18.6 Å².